The minimum absolute atomic E-state index is 0.0700. The van der Waals surface area contributed by atoms with Gasteiger partial charge in [-0.25, -0.2) is 4.79 Å². The Morgan fingerprint density at radius 1 is 1.05 bits per heavy atom. The first-order valence-electron chi connectivity index (χ1n) is 6.44. The molecule has 0 spiro atoms. The van der Waals surface area contributed by atoms with Gasteiger partial charge in [0.1, 0.15) is 5.75 Å². The molecule has 5 heteroatoms. The van der Waals surface area contributed by atoms with E-state index in [2.05, 4.69) is 11.8 Å². The molecule has 0 heterocycles. The molecule has 2 aromatic rings. The summed E-state index contributed by atoms with van der Waals surface area (Å²) in [5.74, 6) is 5.05. The van der Waals surface area contributed by atoms with Crippen LogP contribution in [0, 0.1) is 11.8 Å². The van der Waals surface area contributed by atoms with Gasteiger partial charge in [-0.1, -0.05) is 35.0 Å². The second kappa shape index (κ2) is 7.74. The van der Waals surface area contributed by atoms with Crippen LogP contribution in [0.1, 0.15) is 12.0 Å². The van der Waals surface area contributed by atoms with Crippen LogP contribution in [0.5, 0.6) is 5.75 Å². The van der Waals surface area contributed by atoms with Gasteiger partial charge < -0.3 is 9.84 Å². The smallest absolute Gasteiger partial charge is 0.345 e. The molecule has 0 radical (unpaired) electrons. The molecular formula is C17H12Cl2O3. The van der Waals surface area contributed by atoms with Crippen LogP contribution in [0.3, 0.4) is 0 Å². The summed E-state index contributed by atoms with van der Waals surface area (Å²) in [6, 6.07) is 13.5. The summed E-state index contributed by atoms with van der Waals surface area (Å²) in [5, 5.41) is 10.4. The summed E-state index contributed by atoms with van der Waals surface area (Å²) in [6.07, 6.45) is -0.971. The fraction of sp³-hybridized carbons (Fsp3) is 0.118. The topological polar surface area (TPSA) is 46.5 Å². The van der Waals surface area contributed by atoms with Gasteiger partial charge in [0, 0.05) is 15.6 Å². The summed E-state index contributed by atoms with van der Waals surface area (Å²) < 4.78 is 5.41. The normalized spacial score (nSPS) is 11.2. The van der Waals surface area contributed by atoms with E-state index in [1.54, 1.807) is 48.5 Å². The number of carbonyl (C=O) groups is 1. The lowest BCUT2D eigenvalue weighted by molar-refractivity contribution is -0.144. The Hall–Kier alpha value is -2.15. The van der Waals surface area contributed by atoms with Crippen molar-refractivity contribution in [2.45, 2.75) is 12.5 Å². The lowest BCUT2D eigenvalue weighted by Crippen LogP contribution is -2.26. The summed E-state index contributed by atoms with van der Waals surface area (Å²) >= 11 is 11.6. The summed E-state index contributed by atoms with van der Waals surface area (Å²) in [7, 11) is 0. The van der Waals surface area contributed by atoms with Crippen LogP contribution in [0.2, 0.25) is 10.0 Å². The maximum atomic E-state index is 11.2. The summed E-state index contributed by atoms with van der Waals surface area (Å²) in [6.45, 7) is 0. The maximum absolute atomic E-state index is 11.2. The molecule has 0 aliphatic heterocycles. The molecule has 112 valence electrons. The van der Waals surface area contributed by atoms with E-state index in [1.165, 1.54) is 0 Å². The lowest BCUT2D eigenvalue weighted by Gasteiger charge is -2.12. The number of carboxylic acids is 1. The Labute approximate surface area is 138 Å². The van der Waals surface area contributed by atoms with E-state index < -0.39 is 12.1 Å². The van der Waals surface area contributed by atoms with E-state index in [0.29, 0.717) is 15.8 Å². The van der Waals surface area contributed by atoms with Crippen LogP contribution in [0.15, 0.2) is 48.5 Å². The highest BCUT2D eigenvalue weighted by Gasteiger charge is 2.18. The first kappa shape index (κ1) is 16.2. The molecule has 22 heavy (non-hydrogen) atoms. The zero-order chi connectivity index (χ0) is 15.9. The van der Waals surface area contributed by atoms with Crippen LogP contribution in [-0.4, -0.2) is 17.2 Å². The van der Waals surface area contributed by atoms with Gasteiger partial charge in [0.15, 0.2) is 0 Å². The Morgan fingerprint density at radius 2 is 1.59 bits per heavy atom. The van der Waals surface area contributed by atoms with E-state index in [9.17, 15) is 9.90 Å². The van der Waals surface area contributed by atoms with E-state index in [1.807, 2.05) is 0 Å². The highest BCUT2D eigenvalue weighted by molar-refractivity contribution is 6.30. The molecule has 2 rings (SSSR count). The standard InChI is InChI=1S/C17H12Cl2O3/c18-13-6-4-12(5-7-13)2-1-3-16(17(20)21)22-15-10-8-14(19)9-11-15/h4-11,16H,3H2,(H,20,21). The SMILES string of the molecule is O=C(O)C(CC#Cc1ccc(Cl)cc1)Oc1ccc(Cl)cc1. The van der Waals surface area contributed by atoms with Crippen LogP contribution in [-0.2, 0) is 4.79 Å². The third kappa shape index (κ3) is 5.00. The molecule has 0 aromatic heterocycles. The van der Waals surface area contributed by atoms with Gasteiger partial charge in [-0.2, -0.15) is 0 Å². The van der Waals surface area contributed by atoms with Crippen LogP contribution in [0.25, 0.3) is 0 Å². The number of carboxylic acid groups (broad SMARTS) is 1. The predicted molar refractivity (Wildman–Crippen MR) is 86.5 cm³/mol. The number of hydrogen-bond donors (Lipinski definition) is 1. The minimum Gasteiger partial charge on any atom is -0.478 e. The highest BCUT2D eigenvalue weighted by atomic mass is 35.5. The van der Waals surface area contributed by atoms with Crippen molar-refractivity contribution in [2.75, 3.05) is 0 Å². The van der Waals surface area contributed by atoms with Gasteiger partial charge >= 0.3 is 5.97 Å². The van der Waals surface area contributed by atoms with Gasteiger partial charge in [-0.15, -0.1) is 0 Å². The molecular weight excluding hydrogens is 323 g/mol. The van der Waals surface area contributed by atoms with Crippen LogP contribution in [0.4, 0.5) is 0 Å². The van der Waals surface area contributed by atoms with Gasteiger partial charge in [0.2, 0.25) is 6.10 Å². The molecule has 0 amide bonds. The fourth-order valence-corrected chi connectivity index (χ4v) is 1.89. The number of aliphatic carboxylic acids is 1. The third-order valence-electron chi connectivity index (χ3n) is 2.73. The monoisotopic (exact) mass is 334 g/mol. The van der Waals surface area contributed by atoms with Crippen molar-refractivity contribution in [1.29, 1.82) is 0 Å². The molecule has 0 bridgehead atoms. The van der Waals surface area contributed by atoms with Crippen molar-refractivity contribution in [1.82, 2.24) is 0 Å². The molecule has 0 aliphatic carbocycles. The number of hydrogen-bond acceptors (Lipinski definition) is 2. The Bertz CT molecular complexity index is 697. The molecule has 0 saturated carbocycles. The minimum atomic E-state index is -1.07. The molecule has 0 fully saturated rings. The second-order valence-corrected chi connectivity index (χ2v) is 5.28. The van der Waals surface area contributed by atoms with Gasteiger partial charge in [0.25, 0.3) is 0 Å². The predicted octanol–water partition coefficient (Wildman–Crippen LogP) is 4.27. The largest absolute Gasteiger partial charge is 0.478 e. The van der Waals surface area contributed by atoms with Crippen molar-refractivity contribution < 1.29 is 14.6 Å². The van der Waals surface area contributed by atoms with E-state index in [-0.39, 0.29) is 6.42 Å². The molecule has 0 saturated heterocycles. The lowest BCUT2D eigenvalue weighted by atomic mass is 10.2. The third-order valence-corrected chi connectivity index (χ3v) is 3.24. The average Bonchev–Trinajstić information content (AvgIpc) is 2.50. The average molecular weight is 335 g/mol. The summed E-state index contributed by atoms with van der Waals surface area (Å²) in [4.78, 5) is 11.2. The number of halogens is 2. The van der Waals surface area contributed by atoms with Crippen molar-refractivity contribution >= 4 is 29.2 Å². The molecule has 3 nitrogen and oxygen atoms in total. The number of benzene rings is 2. The summed E-state index contributed by atoms with van der Waals surface area (Å²) in [5.41, 5.74) is 0.764. The van der Waals surface area contributed by atoms with E-state index in [0.717, 1.165) is 5.56 Å². The Morgan fingerprint density at radius 3 is 2.14 bits per heavy atom. The van der Waals surface area contributed by atoms with Crippen molar-refractivity contribution in [2.24, 2.45) is 0 Å². The number of ether oxygens (including phenoxy) is 1. The van der Waals surface area contributed by atoms with E-state index in [4.69, 9.17) is 27.9 Å². The second-order valence-electron chi connectivity index (χ2n) is 4.41. The van der Waals surface area contributed by atoms with Crippen molar-refractivity contribution in [3.8, 4) is 17.6 Å². The van der Waals surface area contributed by atoms with Crippen LogP contribution >= 0.6 is 23.2 Å². The van der Waals surface area contributed by atoms with Gasteiger partial charge in [-0.3, -0.25) is 0 Å². The fourth-order valence-electron chi connectivity index (χ4n) is 1.64. The maximum Gasteiger partial charge on any atom is 0.345 e. The first-order chi connectivity index (χ1) is 10.5. The molecule has 0 aliphatic rings. The Kier molecular flexibility index (Phi) is 5.71. The highest BCUT2D eigenvalue weighted by Crippen LogP contribution is 2.17. The molecule has 1 atom stereocenters. The molecule has 1 N–H and O–H groups in total. The van der Waals surface area contributed by atoms with E-state index >= 15 is 0 Å². The van der Waals surface area contributed by atoms with Gasteiger partial charge in [-0.05, 0) is 48.5 Å². The number of rotatable bonds is 4. The Balaban J connectivity index is 2.02. The quantitative estimate of drug-likeness (QED) is 0.849. The van der Waals surface area contributed by atoms with Crippen molar-refractivity contribution in [3.63, 3.8) is 0 Å². The van der Waals surface area contributed by atoms with Crippen molar-refractivity contribution in [3.05, 3.63) is 64.1 Å². The zero-order valence-electron chi connectivity index (χ0n) is 11.4. The first-order valence-corrected chi connectivity index (χ1v) is 7.19. The van der Waals surface area contributed by atoms with Gasteiger partial charge in [0.05, 0.1) is 6.42 Å². The molecule has 1 unspecified atom stereocenters. The molecule has 2 aromatic carbocycles. The van der Waals surface area contributed by atoms with Crippen LogP contribution < -0.4 is 4.74 Å². The zero-order valence-corrected chi connectivity index (χ0v) is 12.9.